The lowest BCUT2D eigenvalue weighted by atomic mass is 9.93. The van der Waals surface area contributed by atoms with Crippen molar-refractivity contribution in [3.8, 4) is 0 Å². The van der Waals surface area contributed by atoms with E-state index in [1.54, 1.807) is 11.0 Å². The van der Waals surface area contributed by atoms with Gasteiger partial charge in [-0.3, -0.25) is 9.59 Å². The van der Waals surface area contributed by atoms with Crippen LogP contribution in [-0.4, -0.2) is 35.0 Å². The first-order valence-electron chi connectivity index (χ1n) is 7.73. The summed E-state index contributed by atoms with van der Waals surface area (Å²) >= 11 is 3.42. The summed E-state index contributed by atoms with van der Waals surface area (Å²) < 4.78 is 6.54. The lowest BCUT2D eigenvalue weighted by molar-refractivity contribution is -0.137. The fraction of sp³-hybridized carbons (Fsp3) is 0.412. The second kappa shape index (κ2) is 6.74. The van der Waals surface area contributed by atoms with Crippen LogP contribution in [0.2, 0.25) is 0 Å². The van der Waals surface area contributed by atoms with E-state index < -0.39 is 5.97 Å². The molecule has 3 rings (SSSR count). The molecule has 2 heterocycles. The van der Waals surface area contributed by atoms with Crippen LogP contribution in [0.25, 0.3) is 11.0 Å². The molecule has 2 aromatic rings. The number of nitrogens with zero attached hydrogens (tertiary/aromatic N) is 1. The van der Waals surface area contributed by atoms with Crippen LogP contribution in [0.5, 0.6) is 0 Å². The first kappa shape index (κ1) is 16.1. The highest BCUT2D eigenvalue weighted by Crippen LogP contribution is 2.29. The number of hydrogen-bond acceptors (Lipinski definition) is 3. The Labute approximate surface area is 142 Å². The van der Waals surface area contributed by atoms with Gasteiger partial charge in [-0.25, -0.2) is 0 Å². The smallest absolute Gasteiger partial charge is 0.303 e. The molecule has 1 aromatic carbocycles. The van der Waals surface area contributed by atoms with Crippen LogP contribution in [-0.2, 0) is 4.79 Å². The van der Waals surface area contributed by atoms with Crippen LogP contribution in [0.1, 0.15) is 36.2 Å². The summed E-state index contributed by atoms with van der Waals surface area (Å²) in [5.74, 6) is -0.311. The van der Waals surface area contributed by atoms with Crippen molar-refractivity contribution in [3.05, 3.63) is 34.5 Å². The second-order valence-corrected chi connectivity index (χ2v) is 6.82. The van der Waals surface area contributed by atoms with Gasteiger partial charge in [0.25, 0.3) is 5.91 Å². The van der Waals surface area contributed by atoms with E-state index in [2.05, 4.69) is 15.9 Å². The van der Waals surface area contributed by atoms with Gasteiger partial charge >= 0.3 is 5.97 Å². The summed E-state index contributed by atoms with van der Waals surface area (Å²) in [5.41, 5.74) is 0.676. The monoisotopic (exact) mass is 379 g/mol. The third-order valence-corrected chi connectivity index (χ3v) is 4.90. The van der Waals surface area contributed by atoms with Crippen molar-refractivity contribution >= 4 is 38.8 Å². The Morgan fingerprint density at radius 3 is 2.96 bits per heavy atom. The number of para-hydroxylation sites is 1. The predicted octanol–water partition coefficient (Wildman–Crippen LogP) is 3.91. The molecule has 1 atom stereocenters. The summed E-state index contributed by atoms with van der Waals surface area (Å²) in [5, 5.41) is 9.69. The van der Waals surface area contributed by atoms with Crippen LogP contribution in [0, 0.1) is 5.92 Å². The van der Waals surface area contributed by atoms with E-state index in [1.807, 2.05) is 18.2 Å². The number of furan rings is 1. The number of fused-ring (bicyclic) bond motifs is 1. The SMILES string of the molecule is O=C(O)CC[C@H]1CCCN(C(=O)c2cc3cccc(Br)c3o2)C1. The van der Waals surface area contributed by atoms with Gasteiger partial charge in [-0.1, -0.05) is 12.1 Å². The van der Waals surface area contributed by atoms with Gasteiger partial charge in [0.2, 0.25) is 0 Å². The zero-order valence-corrected chi connectivity index (χ0v) is 14.2. The van der Waals surface area contributed by atoms with E-state index >= 15 is 0 Å². The minimum absolute atomic E-state index is 0.117. The molecule has 6 heteroatoms. The Balaban J connectivity index is 1.73. The molecular formula is C17H18BrNO4. The van der Waals surface area contributed by atoms with E-state index in [4.69, 9.17) is 9.52 Å². The zero-order valence-electron chi connectivity index (χ0n) is 12.6. The molecule has 0 saturated carbocycles. The van der Waals surface area contributed by atoms with Crippen LogP contribution in [0.3, 0.4) is 0 Å². The molecule has 0 aliphatic carbocycles. The molecule has 5 nitrogen and oxygen atoms in total. The van der Waals surface area contributed by atoms with E-state index in [9.17, 15) is 9.59 Å². The quantitative estimate of drug-likeness (QED) is 0.873. The number of halogens is 1. The fourth-order valence-corrected chi connectivity index (χ4v) is 3.56. The Morgan fingerprint density at radius 1 is 1.39 bits per heavy atom. The molecule has 1 amide bonds. The predicted molar refractivity (Wildman–Crippen MR) is 89.4 cm³/mol. The topological polar surface area (TPSA) is 70.8 Å². The highest BCUT2D eigenvalue weighted by atomic mass is 79.9. The number of likely N-dealkylation sites (tertiary alicyclic amines) is 1. The molecule has 1 aromatic heterocycles. The number of carboxylic acid groups (broad SMARTS) is 1. The molecule has 0 spiro atoms. The van der Waals surface area contributed by atoms with Gasteiger partial charge in [-0.05, 0) is 53.2 Å². The highest BCUT2D eigenvalue weighted by molar-refractivity contribution is 9.10. The van der Waals surface area contributed by atoms with Gasteiger partial charge < -0.3 is 14.4 Å². The molecule has 1 aliphatic rings. The molecule has 0 radical (unpaired) electrons. The summed E-state index contributed by atoms with van der Waals surface area (Å²) in [6.07, 6.45) is 2.65. The van der Waals surface area contributed by atoms with Crippen molar-refractivity contribution in [2.75, 3.05) is 13.1 Å². The van der Waals surface area contributed by atoms with E-state index in [-0.39, 0.29) is 18.2 Å². The minimum atomic E-state index is -0.782. The fourth-order valence-electron chi connectivity index (χ4n) is 3.10. The van der Waals surface area contributed by atoms with Gasteiger partial charge in [0.05, 0.1) is 4.47 Å². The maximum Gasteiger partial charge on any atom is 0.303 e. The maximum absolute atomic E-state index is 12.7. The standard InChI is InChI=1S/C17H18BrNO4/c18-13-5-1-4-12-9-14(23-16(12)13)17(22)19-8-2-3-11(10-19)6-7-15(20)21/h1,4-5,9,11H,2-3,6-8,10H2,(H,20,21)/t11-/m1/s1. The summed E-state index contributed by atoms with van der Waals surface area (Å²) in [6.45, 7) is 1.30. The van der Waals surface area contributed by atoms with E-state index in [1.165, 1.54) is 0 Å². The van der Waals surface area contributed by atoms with Gasteiger partial charge in [0.1, 0.15) is 5.58 Å². The molecule has 0 bridgehead atoms. The van der Waals surface area contributed by atoms with Gasteiger partial charge in [-0.2, -0.15) is 0 Å². The van der Waals surface area contributed by atoms with Crippen molar-refractivity contribution in [1.82, 2.24) is 4.90 Å². The average molecular weight is 380 g/mol. The van der Waals surface area contributed by atoms with Crippen molar-refractivity contribution in [3.63, 3.8) is 0 Å². The lowest BCUT2D eigenvalue weighted by Gasteiger charge is -2.32. The zero-order chi connectivity index (χ0) is 16.4. The highest BCUT2D eigenvalue weighted by Gasteiger charge is 2.27. The summed E-state index contributed by atoms with van der Waals surface area (Å²) in [6, 6.07) is 7.46. The van der Waals surface area contributed by atoms with Crippen LogP contribution >= 0.6 is 15.9 Å². The molecule has 122 valence electrons. The third-order valence-electron chi connectivity index (χ3n) is 4.28. The third kappa shape index (κ3) is 3.58. The number of carboxylic acids is 1. The Morgan fingerprint density at radius 2 is 2.22 bits per heavy atom. The molecule has 0 unspecified atom stereocenters. The van der Waals surface area contributed by atoms with Crippen molar-refractivity contribution in [2.24, 2.45) is 5.92 Å². The summed E-state index contributed by atoms with van der Waals surface area (Å²) in [4.78, 5) is 25.2. The first-order chi connectivity index (χ1) is 11.0. The van der Waals surface area contributed by atoms with Crippen LogP contribution in [0.15, 0.2) is 33.2 Å². The number of amides is 1. The number of benzene rings is 1. The minimum Gasteiger partial charge on any atom is -0.481 e. The molecule has 1 saturated heterocycles. The molecule has 1 aliphatic heterocycles. The van der Waals surface area contributed by atoms with Crippen molar-refractivity contribution in [1.29, 1.82) is 0 Å². The second-order valence-electron chi connectivity index (χ2n) is 5.96. The Hall–Kier alpha value is -1.82. The van der Waals surface area contributed by atoms with Crippen molar-refractivity contribution in [2.45, 2.75) is 25.7 Å². The molecule has 1 N–H and O–H groups in total. The number of carbonyl (C=O) groups is 2. The maximum atomic E-state index is 12.7. The largest absolute Gasteiger partial charge is 0.481 e. The number of carbonyl (C=O) groups excluding carboxylic acids is 1. The molecule has 23 heavy (non-hydrogen) atoms. The van der Waals surface area contributed by atoms with Crippen molar-refractivity contribution < 1.29 is 19.1 Å². The number of aliphatic carboxylic acids is 1. The number of piperidine rings is 1. The average Bonchev–Trinajstić information content (AvgIpc) is 2.98. The lowest BCUT2D eigenvalue weighted by Crippen LogP contribution is -2.39. The normalized spacial score (nSPS) is 18.3. The van der Waals surface area contributed by atoms with Gasteiger partial charge in [0.15, 0.2) is 5.76 Å². The molecular weight excluding hydrogens is 362 g/mol. The van der Waals surface area contributed by atoms with E-state index in [0.29, 0.717) is 30.9 Å². The number of rotatable bonds is 4. The van der Waals surface area contributed by atoms with Crippen LogP contribution < -0.4 is 0 Å². The van der Waals surface area contributed by atoms with Gasteiger partial charge in [-0.15, -0.1) is 0 Å². The van der Waals surface area contributed by atoms with Gasteiger partial charge in [0, 0.05) is 24.9 Å². The number of hydrogen-bond donors (Lipinski definition) is 1. The van der Waals surface area contributed by atoms with E-state index in [0.717, 1.165) is 22.7 Å². The summed E-state index contributed by atoms with van der Waals surface area (Å²) in [7, 11) is 0. The van der Waals surface area contributed by atoms with Crippen LogP contribution in [0.4, 0.5) is 0 Å². The molecule has 1 fully saturated rings. The first-order valence-corrected chi connectivity index (χ1v) is 8.53. The Bertz CT molecular complexity index is 739. The Kier molecular flexibility index (Phi) is 4.71.